The summed E-state index contributed by atoms with van der Waals surface area (Å²) in [7, 11) is 2.11. The average molecular weight is 217 g/mol. The Morgan fingerprint density at radius 3 is 2.81 bits per heavy atom. The summed E-state index contributed by atoms with van der Waals surface area (Å²) in [5.41, 5.74) is 1.01. The predicted molar refractivity (Wildman–Crippen MR) is 61.2 cm³/mol. The zero-order valence-electron chi connectivity index (χ0n) is 9.36. The van der Waals surface area contributed by atoms with Crippen LogP contribution in [0.1, 0.15) is 29.9 Å². The van der Waals surface area contributed by atoms with Gasteiger partial charge in [-0.2, -0.15) is 5.26 Å². The fraction of sp³-hybridized carbons (Fsp3) is 0.500. The number of piperidine rings is 1. The molecule has 0 spiro atoms. The molecule has 84 valence electrons. The Kier molecular flexibility index (Phi) is 3.07. The van der Waals surface area contributed by atoms with Crippen LogP contribution in [0, 0.1) is 11.3 Å². The van der Waals surface area contributed by atoms with Gasteiger partial charge in [-0.15, -0.1) is 0 Å². The Morgan fingerprint density at radius 1 is 1.50 bits per heavy atom. The third-order valence-electron chi connectivity index (χ3n) is 3.24. The maximum atomic E-state index is 11.3. The highest BCUT2D eigenvalue weighted by atomic mass is 16.1. The number of aromatic nitrogens is 1. The van der Waals surface area contributed by atoms with Crippen LogP contribution in [0.15, 0.2) is 17.1 Å². The van der Waals surface area contributed by atoms with E-state index in [0.29, 0.717) is 5.92 Å². The molecule has 0 bridgehead atoms. The number of nitrogens with zero attached hydrogens (tertiary/aromatic N) is 2. The van der Waals surface area contributed by atoms with Gasteiger partial charge in [0.2, 0.25) is 0 Å². The minimum Gasteiger partial charge on any atom is -0.328 e. The summed E-state index contributed by atoms with van der Waals surface area (Å²) in [6.45, 7) is 2.15. The van der Waals surface area contributed by atoms with E-state index in [2.05, 4.69) is 16.9 Å². The van der Waals surface area contributed by atoms with Crippen LogP contribution >= 0.6 is 0 Å². The molecule has 0 aliphatic carbocycles. The van der Waals surface area contributed by atoms with Crippen LogP contribution in [0.25, 0.3) is 0 Å². The Labute approximate surface area is 94.5 Å². The smallest absolute Gasteiger partial charge is 0.265 e. The molecule has 0 unspecified atom stereocenters. The second-order valence-electron chi connectivity index (χ2n) is 4.37. The maximum absolute atomic E-state index is 11.3. The van der Waals surface area contributed by atoms with Gasteiger partial charge in [0.15, 0.2) is 0 Å². The second-order valence-corrected chi connectivity index (χ2v) is 4.37. The fourth-order valence-electron chi connectivity index (χ4n) is 2.16. The summed E-state index contributed by atoms with van der Waals surface area (Å²) in [5.74, 6) is 0.472. The molecule has 0 amide bonds. The molecule has 1 aromatic heterocycles. The van der Waals surface area contributed by atoms with Crippen molar-refractivity contribution in [1.29, 1.82) is 5.26 Å². The summed E-state index contributed by atoms with van der Waals surface area (Å²) in [4.78, 5) is 16.2. The highest BCUT2D eigenvalue weighted by molar-refractivity contribution is 5.31. The van der Waals surface area contributed by atoms with Gasteiger partial charge < -0.3 is 9.88 Å². The summed E-state index contributed by atoms with van der Waals surface area (Å²) < 4.78 is 0. The van der Waals surface area contributed by atoms with Gasteiger partial charge >= 0.3 is 0 Å². The van der Waals surface area contributed by atoms with Gasteiger partial charge in [-0.25, -0.2) is 0 Å². The molecule has 1 aliphatic rings. The lowest BCUT2D eigenvalue weighted by molar-refractivity contribution is 0.255. The van der Waals surface area contributed by atoms with Gasteiger partial charge in [0.05, 0.1) is 0 Å². The number of rotatable bonds is 1. The number of likely N-dealkylation sites (tertiary alicyclic amines) is 1. The van der Waals surface area contributed by atoms with Crippen molar-refractivity contribution >= 4 is 0 Å². The molecule has 1 aromatic rings. The van der Waals surface area contributed by atoms with Gasteiger partial charge in [-0.1, -0.05) is 0 Å². The fourth-order valence-corrected chi connectivity index (χ4v) is 2.16. The number of hydrogen-bond donors (Lipinski definition) is 1. The summed E-state index contributed by atoms with van der Waals surface area (Å²) in [5, 5.41) is 8.81. The first-order valence-corrected chi connectivity index (χ1v) is 5.52. The van der Waals surface area contributed by atoms with Crippen molar-refractivity contribution in [2.75, 3.05) is 20.1 Å². The van der Waals surface area contributed by atoms with Crippen LogP contribution in [0.5, 0.6) is 0 Å². The molecule has 1 aliphatic heterocycles. The van der Waals surface area contributed by atoms with Crippen LogP contribution in [-0.4, -0.2) is 30.0 Å². The zero-order valence-corrected chi connectivity index (χ0v) is 9.36. The first kappa shape index (κ1) is 10.9. The standard InChI is InChI=1S/C12H15N3O/c1-15-4-2-9(3-5-15)11-6-10(7-13)12(16)14-8-11/h6,8-9H,2-5H2,1H3,(H,14,16). The van der Waals surface area contributed by atoms with Crippen molar-refractivity contribution in [3.63, 3.8) is 0 Å². The van der Waals surface area contributed by atoms with E-state index in [1.807, 2.05) is 6.07 Å². The summed E-state index contributed by atoms with van der Waals surface area (Å²) in [6, 6.07) is 3.66. The first-order chi connectivity index (χ1) is 7.70. The Bertz CT molecular complexity index is 464. The molecule has 1 saturated heterocycles. The Hall–Kier alpha value is -1.60. The monoisotopic (exact) mass is 217 g/mol. The molecule has 4 nitrogen and oxygen atoms in total. The number of hydrogen-bond acceptors (Lipinski definition) is 3. The van der Waals surface area contributed by atoms with Crippen LogP contribution in [0.3, 0.4) is 0 Å². The maximum Gasteiger partial charge on any atom is 0.265 e. The van der Waals surface area contributed by atoms with Crippen LogP contribution < -0.4 is 5.56 Å². The minimum atomic E-state index is -0.292. The predicted octanol–water partition coefficient (Wildman–Crippen LogP) is 1.06. The zero-order chi connectivity index (χ0) is 11.5. The number of H-pyrrole nitrogens is 1. The second kappa shape index (κ2) is 4.50. The molecule has 2 rings (SSSR count). The highest BCUT2D eigenvalue weighted by Crippen LogP contribution is 2.26. The first-order valence-electron chi connectivity index (χ1n) is 5.52. The van der Waals surface area contributed by atoms with E-state index in [4.69, 9.17) is 5.26 Å². The van der Waals surface area contributed by atoms with Crippen LogP contribution in [-0.2, 0) is 0 Å². The number of pyridine rings is 1. The molecule has 1 fully saturated rings. The van der Waals surface area contributed by atoms with Crippen molar-refractivity contribution in [2.45, 2.75) is 18.8 Å². The third kappa shape index (κ3) is 2.15. The molecule has 0 aromatic carbocycles. The molecule has 0 saturated carbocycles. The Morgan fingerprint density at radius 2 is 2.19 bits per heavy atom. The minimum absolute atomic E-state index is 0.219. The van der Waals surface area contributed by atoms with E-state index in [-0.39, 0.29) is 11.1 Å². The topological polar surface area (TPSA) is 59.9 Å². The van der Waals surface area contributed by atoms with E-state index in [0.717, 1.165) is 31.5 Å². The van der Waals surface area contributed by atoms with E-state index in [1.165, 1.54) is 0 Å². The quantitative estimate of drug-likeness (QED) is 0.765. The lowest BCUT2D eigenvalue weighted by Gasteiger charge is -2.29. The van der Waals surface area contributed by atoms with Gasteiger partial charge in [-0.3, -0.25) is 4.79 Å². The molecule has 2 heterocycles. The molecule has 0 radical (unpaired) electrons. The molecule has 1 N–H and O–H groups in total. The van der Waals surface area contributed by atoms with Crippen molar-refractivity contribution in [3.05, 3.63) is 33.7 Å². The molecule has 0 atom stereocenters. The van der Waals surface area contributed by atoms with Crippen LogP contribution in [0.2, 0.25) is 0 Å². The normalized spacial score (nSPS) is 18.2. The average Bonchev–Trinajstić information content (AvgIpc) is 2.31. The van der Waals surface area contributed by atoms with E-state index >= 15 is 0 Å². The van der Waals surface area contributed by atoms with Gasteiger partial charge in [-0.05, 0) is 50.5 Å². The van der Waals surface area contributed by atoms with Crippen molar-refractivity contribution < 1.29 is 0 Å². The number of nitrogens with one attached hydrogen (secondary N) is 1. The molecule has 16 heavy (non-hydrogen) atoms. The lowest BCUT2D eigenvalue weighted by Crippen LogP contribution is -2.29. The van der Waals surface area contributed by atoms with E-state index in [1.54, 1.807) is 12.3 Å². The van der Waals surface area contributed by atoms with E-state index in [9.17, 15) is 4.79 Å². The van der Waals surface area contributed by atoms with Crippen LogP contribution in [0.4, 0.5) is 0 Å². The van der Waals surface area contributed by atoms with E-state index < -0.39 is 0 Å². The van der Waals surface area contributed by atoms with Crippen molar-refractivity contribution in [1.82, 2.24) is 9.88 Å². The molecule has 4 heteroatoms. The third-order valence-corrected chi connectivity index (χ3v) is 3.24. The van der Waals surface area contributed by atoms with Gasteiger partial charge in [0, 0.05) is 6.20 Å². The number of nitriles is 1. The van der Waals surface area contributed by atoms with Crippen molar-refractivity contribution in [2.24, 2.45) is 0 Å². The van der Waals surface area contributed by atoms with Crippen molar-refractivity contribution in [3.8, 4) is 6.07 Å². The van der Waals surface area contributed by atoms with Gasteiger partial charge in [0.25, 0.3) is 5.56 Å². The molecular weight excluding hydrogens is 202 g/mol. The Balaban J connectivity index is 2.22. The molecular formula is C12H15N3O. The summed E-state index contributed by atoms with van der Waals surface area (Å²) >= 11 is 0. The lowest BCUT2D eigenvalue weighted by atomic mass is 9.90. The highest BCUT2D eigenvalue weighted by Gasteiger charge is 2.19. The largest absolute Gasteiger partial charge is 0.328 e. The van der Waals surface area contributed by atoms with Gasteiger partial charge in [0.1, 0.15) is 11.6 Å². The SMILES string of the molecule is CN1CCC(c2c[nH]c(=O)c(C#N)c2)CC1. The number of aromatic amines is 1. The summed E-state index contributed by atoms with van der Waals surface area (Å²) in [6.07, 6.45) is 3.93.